The molecule has 0 aliphatic carbocycles. The van der Waals surface area contributed by atoms with E-state index in [1.54, 1.807) is 6.92 Å². The maximum atomic E-state index is 10.1. The first-order chi connectivity index (χ1) is 9.34. The minimum Gasteiger partial charge on any atom is -0.507 e. The van der Waals surface area contributed by atoms with Crippen LogP contribution in [0.15, 0.2) is 24.3 Å². The number of aliphatic hydroxyl groups excluding tert-OH is 1. The first kappa shape index (κ1) is 14.6. The molecule has 0 spiro atoms. The molecule has 0 saturated heterocycles. The summed E-state index contributed by atoms with van der Waals surface area (Å²) in [5.41, 5.74) is 7.17. The molecule has 1 unspecified atom stereocenters. The van der Waals surface area contributed by atoms with Crippen LogP contribution in [0.4, 0.5) is 0 Å². The van der Waals surface area contributed by atoms with E-state index >= 15 is 0 Å². The topological polar surface area (TPSA) is 40.5 Å². The van der Waals surface area contributed by atoms with Gasteiger partial charge in [0.1, 0.15) is 5.75 Å². The van der Waals surface area contributed by atoms with Crippen LogP contribution < -0.4 is 0 Å². The predicted molar refractivity (Wildman–Crippen MR) is 83.1 cm³/mol. The van der Waals surface area contributed by atoms with E-state index in [1.165, 1.54) is 0 Å². The van der Waals surface area contributed by atoms with Crippen molar-refractivity contribution in [2.75, 3.05) is 0 Å². The molecule has 0 radical (unpaired) electrons. The van der Waals surface area contributed by atoms with Gasteiger partial charge in [0.2, 0.25) is 0 Å². The Kier molecular flexibility index (Phi) is 3.87. The van der Waals surface area contributed by atoms with Crippen LogP contribution in [-0.4, -0.2) is 10.2 Å². The third-order valence-electron chi connectivity index (χ3n) is 4.24. The number of hydrogen-bond donors (Lipinski definition) is 2. The second-order valence-electron chi connectivity index (χ2n) is 5.53. The van der Waals surface area contributed by atoms with Gasteiger partial charge in [-0.05, 0) is 79.6 Å². The van der Waals surface area contributed by atoms with Crippen molar-refractivity contribution in [3.8, 4) is 16.9 Å². The van der Waals surface area contributed by atoms with Gasteiger partial charge >= 0.3 is 0 Å². The zero-order valence-electron chi connectivity index (χ0n) is 12.8. The maximum absolute atomic E-state index is 10.1. The monoisotopic (exact) mass is 270 g/mol. The second-order valence-corrected chi connectivity index (χ2v) is 5.53. The molecule has 0 bridgehead atoms. The van der Waals surface area contributed by atoms with Gasteiger partial charge in [0.25, 0.3) is 0 Å². The standard InChI is InChI=1S/C18H22O2/c1-10-12(3)18(20)13(4)11(2)17(10)16-8-6-7-15(9-16)14(5)19/h6-9,14,19-20H,1-5H3. The molecule has 2 aromatic carbocycles. The van der Waals surface area contributed by atoms with E-state index in [2.05, 4.69) is 6.07 Å². The molecule has 2 aromatic rings. The lowest BCUT2D eigenvalue weighted by atomic mass is 9.88. The average Bonchev–Trinajstić information content (AvgIpc) is 2.43. The van der Waals surface area contributed by atoms with Crippen molar-refractivity contribution in [3.05, 3.63) is 52.1 Å². The second kappa shape index (κ2) is 5.29. The van der Waals surface area contributed by atoms with Crippen molar-refractivity contribution < 1.29 is 10.2 Å². The van der Waals surface area contributed by atoms with Crippen LogP contribution in [-0.2, 0) is 0 Å². The Morgan fingerprint density at radius 1 is 0.900 bits per heavy atom. The molecule has 0 aliphatic rings. The molecule has 0 aromatic heterocycles. The number of hydrogen-bond acceptors (Lipinski definition) is 2. The Balaban J connectivity index is 2.73. The van der Waals surface area contributed by atoms with Crippen LogP contribution >= 0.6 is 0 Å². The van der Waals surface area contributed by atoms with E-state index in [9.17, 15) is 10.2 Å². The predicted octanol–water partition coefficient (Wildman–Crippen LogP) is 4.35. The molecule has 0 amide bonds. The van der Waals surface area contributed by atoms with Gasteiger partial charge in [0.05, 0.1) is 6.10 Å². The van der Waals surface area contributed by atoms with Crippen LogP contribution in [0.2, 0.25) is 0 Å². The SMILES string of the molecule is Cc1c(C)c(-c2cccc(C(C)O)c2)c(C)c(C)c1O. The van der Waals surface area contributed by atoms with Crippen molar-refractivity contribution in [3.63, 3.8) is 0 Å². The summed E-state index contributed by atoms with van der Waals surface area (Å²) in [5, 5.41) is 19.9. The molecule has 2 nitrogen and oxygen atoms in total. The molecular weight excluding hydrogens is 248 g/mol. The zero-order chi connectivity index (χ0) is 15.0. The minimum absolute atomic E-state index is 0.385. The van der Waals surface area contributed by atoms with Gasteiger partial charge in [0.15, 0.2) is 0 Å². The lowest BCUT2D eigenvalue weighted by Crippen LogP contribution is -1.98. The average molecular weight is 270 g/mol. The summed E-state index contributed by atoms with van der Waals surface area (Å²) in [6.45, 7) is 9.72. The van der Waals surface area contributed by atoms with Gasteiger partial charge in [-0.1, -0.05) is 18.2 Å². The van der Waals surface area contributed by atoms with E-state index in [1.807, 2.05) is 45.9 Å². The number of aliphatic hydroxyl groups is 1. The van der Waals surface area contributed by atoms with E-state index in [0.29, 0.717) is 5.75 Å². The lowest BCUT2D eigenvalue weighted by molar-refractivity contribution is 0.199. The molecule has 2 rings (SSSR count). The fraction of sp³-hybridized carbons (Fsp3) is 0.333. The Morgan fingerprint density at radius 3 is 1.95 bits per heavy atom. The highest BCUT2D eigenvalue weighted by Crippen LogP contribution is 2.37. The quantitative estimate of drug-likeness (QED) is 0.852. The highest BCUT2D eigenvalue weighted by atomic mass is 16.3. The maximum Gasteiger partial charge on any atom is 0.121 e. The van der Waals surface area contributed by atoms with Crippen molar-refractivity contribution in [1.29, 1.82) is 0 Å². The van der Waals surface area contributed by atoms with Crippen LogP contribution in [0.3, 0.4) is 0 Å². The van der Waals surface area contributed by atoms with Crippen molar-refractivity contribution in [2.24, 2.45) is 0 Å². The summed E-state index contributed by atoms with van der Waals surface area (Å²) in [4.78, 5) is 0. The summed E-state index contributed by atoms with van der Waals surface area (Å²) in [7, 11) is 0. The molecule has 20 heavy (non-hydrogen) atoms. The number of rotatable bonds is 2. The van der Waals surface area contributed by atoms with Crippen LogP contribution in [0.5, 0.6) is 5.75 Å². The lowest BCUT2D eigenvalue weighted by Gasteiger charge is -2.18. The van der Waals surface area contributed by atoms with Crippen LogP contribution in [0, 0.1) is 27.7 Å². The van der Waals surface area contributed by atoms with Gasteiger partial charge in [-0.2, -0.15) is 0 Å². The molecule has 2 heteroatoms. The highest BCUT2D eigenvalue weighted by molar-refractivity contribution is 5.76. The summed E-state index contributed by atoms with van der Waals surface area (Å²) in [6, 6.07) is 7.97. The summed E-state index contributed by atoms with van der Waals surface area (Å²) >= 11 is 0. The first-order valence-electron chi connectivity index (χ1n) is 6.92. The molecule has 2 N–H and O–H groups in total. The van der Waals surface area contributed by atoms with Crippen molar-refractivity contribution in [1.82, 2.24) is 0 Å². The molecule has 106 valence electrons. The van der Waals surface area contributed by atoms with Gasteiger partial charge in [0, 0.05) is 0 Å². The summed E-state index contributed by atoms with van der Waals surface area (Å²) in [5.74, 6) is 0.385. The zero-order valence-corrected chi connectivity index (χ0v) is 12.8. The van der Waals surface area contributed by atoms with Crippen molar-refractivity contribution >= 4 is 0 Å². The van der Waals surface area contributed by atoms with E-state index < -0.39 is 6.10 Å². The molecule has 0 heterocycles. The molecule has 0 saturated carbocycles. The number of phenols is 1. The summed E-state index contributed by atoms with van der Waals surface area (Å²) in [6.07, 6.45) is -0.477. The largest absolute Gasteiger partial charge is 0.507 e. The molecular formula is C18H22O2. The smallest absolute Gasteiger partial charge is 0.121 e. The van der Waals surface area contributed by atoms with Gasteiger partial charge < -0.3 is 10.2 Å². The molecule has 0 aliphatic heterocycles. The third-order valence-corrected chi connectivity index (χ3v) is 4.24. The van der Waals surface area contributed by atoms with Gasteiger partial charge in [-0.3, -0.25) is 0 Å². The Bertz CT molecular complexity index is 626. The normalized spacial score (nSPS) is 12.5. The number of phenolic OH excluding ortho intramolecular Hbond substituents is 1. The Morgan fingerprint density at radius 2 is 1.45 bits per heavy atom. The van der Waals surface area contributed by atoms with Crippen molar-refractivity contribution in [2.45, 2.75) is 40.7 Å². The van der Waals surface area contributed by atoms with Crippen LogP contribution in [0.25, 0.3) is 11.1 Å². The number of benzene rings is 2. The van der Waals surface area contributed by atoms with Crippen LogP contribution in [0.1, 0.15) is 40.8 Å². The fourth-order valence-corrected chi connectivity index (χ4v) is 2.68. The first-order valence-corrected chi connectivity index (χ1v) is 6.92. The van der Waals surface area contributed by atoms with Gasteiger partial charge in [-0.25, -0.2) is 0 Å². The van der Waals surface area contributed by atoms with E-state index in [4.69, 9.17) is 0 Å². The fourth-order valence-electron chi connectivity index (χ4n) is 2.68. The number of aromatic hydroxyl groups is 1. The van der Waals surface area contributed by atoms with E-state index in [0.717, 1.165) is 38.9 Å². The highest BCUT2D eigenvalue weighted by Gasteiger charge is 2.16. The Hall–Kier alpha value is -1.80. The molecule has 1 atom stereocenters. The van der Waals surface area contributed by atoms with E-state index in [-0.39, 0.29) is 0 Å². The third kappa shape index (κ3) is 2.32. The minimum atomic E-state index is -0.477. The molecule has 0 fully saturated rings. The Labute approximate surface area is 120 Å². The summed E-state index contributed by atoms with van der Waals surface area (Å²) < 4.78 is 0. The van der Waals surface area contributed by atoms with Gasteiger partial charge in [-0.15, -0.1) is 0 Å².